The summed E-state index contributed by atoms with van der Waals surface area (Å²) in [5.41, 5.74) is 14.7. The molecule has 0 amide bonds. The zero-order valence-corrected chi connectivity index (χ0v) is 32.9. The Hall–Kier alpha value is -2.71. The maximum Gasteiger partial charge on any atom is 0.127 e. The minimum absolute atomic E-state index is 0.480. The van der Waals surface area contributed by atoms with Crippen LogP contribution >= 0.6 is 0 Å². The van der Waals surface area contributed by atoms with E-state index in [1.54, 1.807) is 0 Å². The number of fused-ring (bicyclic) bond motifs is 4. The van der Waals surface area contributed by atoms with Gasteiger partial charge in [-0.2, -0.15) is 0 Å². The smallest absolute Gasteiger partial charge is 0.127 e. The summed E-state index contributed by atoms with van der Waals surface area (Å²) in [6.45, 7) is 20.4. The van der Waals surface area contributed by atoms with Gasteiger partial charge in [-0.3, -0.25) is 0 Å². The van der Waals surface area contributed by atoms with Crippen molar-refractivity contribution in [3.05, 3.63) is 60.7 Å². The molecule has 6 aliphatic rings. The third kappa shape index (κ3) is 6.03. The van der Waals surface area contributed by atoms with Gasteiger partial charge in [0.05, 0.1) is 16.1 Å². The standard InChI is InChI=1S/C42H60N2O2Si2/c1-41(2)29-11-9-27(35(41)21-29)25-47(5,6)39-23-38(46-34-19-15-32(44)16-20-34)40(24-37(39)45-33-17-13-31(43)14-18-33)48(7,8)26-28-10-12-30-22-36(28)42(30,3)4/h13-20,23-24,27-30,35-36H,9-12,21-22,25-26,43-44H2,1-8H3/t27?,28?,29-,30-,35-,36-/m0/s1. The molecule has 0 radical (unpaired) electrons. The Balaban J connectivity index is 1.31. The Kier molecular flexibility index (Phi) is 8.42. The van der Waals surface area contributed by atoms with Gasteiger partial charge < -0.3 is 20.9 Å². The van der Waals surface area contributed by atoms with Crippen molar-refractivity contribution in [2.24, 2.45) is 46.3 Å². The van der Waals surface area contributed by atoms with Crippen molar-refractivity contribution in [1.82, 2.24) is 0 Å². The number of rotatable bonds is 10. The predicted molar refractivity (Wildman–Crippen MR) is 208 cm³/mol. The highest BCUT2D eigenvalue weighted by Gasteiger charge is 2.56. The number of hydrogen-bond acceptors (Lipinski definition) is 4. The zero-order valence-electron chi connectivity index (χ0n) is 30.9. The van der Waals surface area contributed by atoms with Crippen LogP contribution in [0.3, 0.4) is 0 Å². The quantitative estimate of drug-likeness (QED) is 0.165. The fraction of sp³-hybridized carbons (Fsp3) is 0.571. The first-order valence-corrected chi connectivity index (χ1v) is 25.2. The summed E-state index contributed by atoms with van der Waals surface area (Å²) in [5.74, 6) is 8.84. The molecule has 6 atom stereocenters. The van der Waals surface area contributed by atoms with Gasteiger partial charge in [-0.1, -0.05) is 78.8 Å². The van der Waals surface area contributed by atoms with Gasteiger partial charge in [-0.25, -0.2) is 0 Å². The van der Waals surface area contributed by atoms with E-state index in [9.17, 15) is 0 Å². The molecule has 0 saturated heterocycles. The minimum atomic E-state index is -2.00. The molecule has 258 valence electrons. The fourth-order valence-electron chi connectivity index (χ4n) is 11.1. The molecule has 48 heavy (non-hydrogen) atoms. The number of hydrogen-bond donors (Lipinski definition) is 2. The van der Waals surface area contributed by atoms with Crippen LogP contribution in [0.4, 0.5) is 11.4 Å². The largest absolute Gasteiger partial charge is 0.458 e. The Morgan fingerprint density at radius 1 is 0.583 bits per heavy atom. The summed E-state index contributed by atoms with van der Waals surface area (Å²) in [5, 5.41) is 2.75. The molecule has 0 aliphatic heterocycles. The van der Waals surface area contributed by atoms with Gasteiger partial charge in [0.25, 0.3) is 0 Å². The van der Waals surface area contributed by atoms with Crippen LogP contribution in [0.25, 0.3) is 0 Å². The van der Waals surface area contributed by atoms with Gasteiger partial charge in [-0.15, -0.1) is 0 Å². The molecule has 6 saturated carbocycles. The molecule has 0 heterocycles. The third-order valence-electron chi connectivity index (χ3n) is 14.3. The molecular formula is C42H60N2O2Si2. The van der Waals surface area contributed by atoms with Gasteiger partial charge in [0.15, 0.2) is 0 Å². The van der Waals surface area contributed by atoms with E-state index in [0.29, 0.717) is 10.8 Å². The molecule has 4 bridgehead atoms. The Bertz CT molecular complexity index is 1520. The average Bonchev–Trinajstić information content (AvgIpc) is 3.03. The van der Waals surface area contributed by atoms with Gasteiger partial charge in [0.2, 0.25) is 0 Å². The van der Waals surface area contributed by atoms with Crippen LogP contribution in [0.1, 0.15) is 66.2 Å². The van der Waals surface area contributed by atoms with Crippen molar-refractivity contribution < 1.29 is 9.47 Å². The van der Waals surface area contributed by atoms with Crippen LogP contribution in [-0.4, -0.2) is 16.1 Å². The lowest BCUT2D eigenvalue weighted by Gasteiger charge is -2.61. The first-order valence-electron chi connectivity index (χ1n) is 18.8. The average molecular weight is 681 g/mol. The molecule has 0 aromatic heterocycles. The minimum Gasteiger partial charge on any atom is -0.458 e. The molecule has 3 aromatic carbocycles. The van der Waals surface area contributed by atoms with Crippen molar-refractivity contribution in [3.63, 3.8) is 0 Å². The van der Waals surface area contributed by atoms with E-state index in [-0.39, 0.29) is 0 Å². The summed E-state index contributed by atoms with van der Waals surface area (Å²) in [7, 11) is -3.99. The van der Waals surface area contributed by atoms with Crippen molar-refractivity contribution in [1.29, 1.82) is 0 Å². The zero-order chi connectivity index (χ0) is 34.2. The van der Waals surface area contributed by atoms with Crippen LogP contribution < -0.4 is 31.3 Å². The SMILES string of the molecule is CC1(C)[C@H]2CCC(C[Si](C)(C)c3cc(Oc4ccc(N)cc4)c([Si](C)(C)CC4CC[C@H]5C[C@@H]4C5(C)C)cc3Oc3ccc(N)cc3)[C@@H]1C2. The molecule has 3 aromatic rings. The van der Waals surface area contributed by atoms with E-state index < -0.39 is 16.1 Å². The highest BCUT2D eigenvalue weighted by atomic mass is 28.3. The maximum absolute atomic E-state index is 6.96. The maximum atomic E-state index is 6.96. The number of nitrogens with two attached hydrogens (primary N) is 2. The van der Waals surface area contributed by atoms with Crippen molar-refractivity contribution in [2.75, 3.05) is 11.5 Å². The normalized spacial score (nSPS) is 28.6. The van der Waals surface area contributed by atoms with Crippen LogP contribution in [0.5, 0.6) is 23.0 Å². The topological polar surface area (TPSA) is 70.5 Å². The van der Waals surface area contributed by atoms with Crippen molar-refractivity contribution in [2.45, 2.75) is 104 Å². The van der Waals surface area contributed by atoms with Crippen LogP contribution in [0, 0.1) is 46.3 Å². The summed E-state index contributed by atoms with van der Waals surface area (Å²) in [4.78, 5) is 0. The highest BCUT2D eigenvalue weighted by molar-refractivity contribution is 6.92. The molecule has 6 heteroatoms. The van der Waals surface area contributed by atoms with Gasteiger partial charge in [0, 0.05) is 11.4 Å². The number of benzene rings is 3. The second-order valence-electron chi connectivity index (χ2n) is 18.8. The molecule has 9 rings (SSSR count). The van der Waals surface area contributed by atoms with E-state index in [4.69, 9.17) is 20.9 Å². The molecule has 6 fully saturated rings. The van der Waals surface area contributed by atoms with Crippen LogP contribution in [-0.2, 0) is 0 Å². The molecule has 0 spiro atoms. The molecule has 4 N–H and O–H groups in total. The first-order chi connectivity index (χ1) is 22.5. The number of nitrogen functional groups attached to an aromatic ring is 2. The van der Waals surface area contributed by atoms with E-state index >= 15 is 0 Å². The summed E-state index contributed by atoms with van der Waals surface area (Å²) >= 11 is 0. The first kappa shape index (κ1) is 33.8. The Morgan fingerprint density at radius 2 is 0.938 bits per heavy atom. The second kappa shape index (κ2) is 12.0. The lowest BCUT2D eigenvalue weighted by Crippen LogP contribution is -2.56. The highest BCUT2D eigenvalue weighted by Crippen LogP contribution is 2.63. The Morgan fingerprint density at radius 3 is 1.25 bits per heavy atom. The van der Waals surface area contributed by atoms with E-state index in [1.807, 2.05) is 48.5 Å². The van der Waals surface area contributed by atoms with Gasteiger partial charge >= 0.3 is 0 Å². The third-order valence-corrected chi connectivity index (χ3v) is 21.1. The Labute approximate surface area is 292 Å². The predicted octanol–water partition coefficient (Wildman–Crippen LogP) is 10.4. The lowest BCUT2D eigenvalue weighted by atomic mass is 9.46. The van der Waals surface area contributed by atoms with Gasteiger partial charge in [-0.05, 0) is 143 Å². The van der Waals surface area contributed by atoms with Crippen molar-refractivity contribution >= 4 is 37.9 Å². The number of ether oxygens (including phenoxy) is 2. The van der Waals surface area contributed by atoms with E-state index in [1.165, 1.54) is 61.0 Å². The molecule has 6 aliphatic carbocycles. The van der Waals surface area contributed by atoms with E-state index in [2.05, 4.69) is 66.0 Å². The second-order valence-corrected chi connectivity index (χ2v) is 28.2. The van der Waals surface area contributed by atoms with Crippen LogP contribution in [0.2, 0.25) is 38.3 Å². The summed E-state index contributed by atoms with van der Waals surface area (Å²) in [6.07, 6.45) is 8.35. The fourth-order valence-corrected chi connectivity index (χ4v) is 17.7. The van der Waals surface area contributed by atoms with E-state index in [0.717, 1.165) is 69.9 Å². The summed E-state index contributed by atoms with van der Waals surface area (Å²) < 4.78 is 13.9. The van der Waals surface area contributed by atoms with Crippen molar-refractivity contribution in [3.8, 4) is 23.0 Å². The molecular weight excluding hydrogens is 621 g/mol. The monoisotopic (exact) mass is 680 g/mol. The molecule has 4 nitrogen and oxygen atoms in total. The van der Waals surface area contributed by atoms with Gasteiger partial charge in [0.1, 0.15) is 23.0 Å². The number of anilines is 2. The van der Waals surface area contributed by atoms with Crippen LogP contribution in [0.15, 0.2) is 60.7 Å². The summed E-state index contributed by atoms with van der Waals surface area (Å²) in [6, 6.07) is 23.3. The lowest BCUT2D eigenvalue weighted by molar-refractivity contribution is -0.0990. The molecule has 2 unspecified atom stereocenters.